The Bertz CT molecular complexity index is 254. The van der Waals surface area contributed by atoms with Gasteiger partial charge in [0.15, 0.2) is 0 Å². The van der Waals surface area contributed by atoms with E-state index in [0.717, 1.165) is 32.1 Å². The predicted octanol–water partition coefficient (Wildman–Crippen LogP) is -0.963. The molecule has 0 heterocycles. The molecule has 17 heavy (non-hydrogen) atoms. The summed E-state index contributed by atoms with van der Waals surface area (Å²) in [6, 6.07) is 0. The van der Waals surface area contributed by atoms with E-state index in [-0.39, 0.29) is 41.4 Å². The number of unbranched alkanes of at least 4 members (excludes halogenated alkanes) is 4. The minimum Gasteiger partial charge on any atom is -0.748 e. The van der Waals surface area contributed by atoms with Gasteiger partial charge >= 0.3 is 29.6 Å². The van der Waals surface area contributed by atoms with E-state index in [0.29, 0.717) is 19.3 Å². The third-order valence-corrected chi connectivity index (χ3v) is 3.36. The van der Waals surface area contributed by atoms with Gasteiger partial charge in [-0.2, -0.15) is 0 Å². The maximum atomic E-state index is 10.3. The Balaban J connectivity index is 0. The molecule has 0 spiro atoms. The molecule has 1 atom stereocenters. The molecule has 0 aliphatic carbocycles. The molecule has 4 nitrogen and oxygen atoms in total. The SMILES string of the molecule is CCCCCC(O)CCCCCS(=O)(=O)[O-].[Na+]. The van der Waals surface area contributed by atoms with Crippen LogP contribution in [0.25, 0.3) is 0 Å². The van der Waals surface area contributed by atoms with Crippen molar-refractivity contribution in [1.29, 1.82) is 0 Å². The van der Waals surface area contributed by atoms with Crippen LogP contribution in [0.15, 0.2) is 0 Å². The molecule has 0 aliphatic heterocycles. The first kappa shape index (κ1) is 20.2. The molecular weight excluding hydrogens is 251 g/mol. The number of aliphatic hydroxyl groups excluding tert-OH is 1. The van der Waals surface area contributed by atoms with Gasteiger partial charge in [0.2, 0.25) is 0 Å². The van der Waals surface area contributed by atoms with Crippen molar-refractivity contribution in [3.63, 3.8) is 0 Å². The van der Waals surface area contributed by atoms with Gasteiger partial charge in [0.25, 0.3) is 0 Å². The van der Waals surface area contributed by atoms with Crippen LogP contribution in [0.4, 0.5) is 0 Å². The second kappa shape index (κ2) is 11.9. The molecule has 0 bridgehead atoms. The van der Waals surface area contributed by atoms with E-state index in [1.165, 1.54) is 0 Å². The van der Waals surface area contributed by atoms with Gasteiger partial charge in [-0.25, -0.2) is 8.42 Å². The summed E-state index contributed by atoms with van der Waals surface area (Å²) in [5.41, 5.74) is 0. The standard InChI is InChI=1S/C11H24O4S.Na/c1-2-3-5-8-11(12)9-6-4-7-10-16(13,14)15;/h11-12H,2-10H2,1H3,(H,13,14,15);/q;+1/p-1. The van der Waals surface area contributed by atoms with Crippen LogP contribution in [0.1, 0.15) is 58.3 Å². The third kappa shape index (κ3) is 16.9. The van der Waals surface area contributed by atoms with Crippen LogP contribution in [0.3, 0.4) is 0 Å². The Labute approximate surface area is 127 Å². The van der Waals surface area contributed by atoms with E-state index in [9.17, 15) is 18.1 Å². The van der Waals surface area contributed by atoms with E-state index in [1.54, 1.807) is 0 Å². The molecule has 0 saturated carbocycles. The van der Waals surface area contributed by atoms with Crippen LogP contribution in [-0.4, -0.2) is 29.9 Å². The topological polar surface area (TPSA) is 77.4 Å². The second-order valence-electron chi connectivity index (χ2n) is 4.26. The van der Waals surface area contributed by atoms with Crippen molar-refractivity contribution in [2.45, 2.75) is 64.4 Å². The Morgan fingerprint density at radius 2 is 1.59 bits per heavy atom. The van der Waals surface area contributed by atoms with Gasteiger partial charge < -0.3 is 9.66 Å². The normalized spacial score (nSPS) is 13.1. The van der Waals surface area contributed by atoms with E-state index >= 15 is 0 Å². The summed E-state index contributed by atoms with van der Waals surface area (Å²) >= 11 is 0. The van der Waals surface area contributed by atoms with Crippen LogP contribution < -0.4 is 29.6 Å². The van der Waals surface area contributed by atoms with Gasteiger partial charge in [0, 0.05) is 5.75 Å². The Morgan fingerprint density at radius 3 is 2.06 bits per heavy atom. The number of rotatable bonds is 10. The van der Waals surface area contributed by atoms with Crippen LogP contribution >= 0.6 is 0 Å². The summed E-state index contributed by atoms with van der Waals surface area (Å²) in [6.45, 7) is 2.12. The summed E-state index contributed by atoms with van der Waals surface area (Å²) < 4.78 is 30.9. The summed E-state index contributed by atoms with van der Waals surface area (Å²) in [6.07, 6.45) is 6.51. The van der Waals surface area contributed by atoms with E-state index in [2.05, 4.69) is 6.92 Å². The first-order chi connectivity index (χ1) is 7.45. The molecule has 1 unspecified atom stereocenters. The fraction of sp³-hybridized carbons (Fsp3) is 1.00. The molecule has 1 N–H and O–H groups in total. The second-order valence-corrected chi connectivity index (χ2v) is 5.78. The predicted molar refractivity (Wildman–Crippen MR) is 63.2 cm³/mol. The molecule has 0 aromatic carbocycles. The molecule has 0 aromatic rings. The molecule has 0 radical (unpaired) electrons. The summed E-state index contributed by atoms with van der Waals surface area (Å²) in [5.74, 6) is -0.279. The number of hydrogen-bond donors (Lipinski definition) is 1. The maximum Gasteiger partial charge on any atom is 1.00 e. The Hall–Kier alpha value is 0.870. The molecule has 6 heteroatoms. The fourth-order valence-electron chi connectivity index (χ4n) is 1.61. The first-order valence-electron chi connectivity index (χ1n) is 6.07. The van der Waals surface area contributed by atoms with Gasteiger partial charge in [0.1, 0.15) is 0 Å². The Morgan fingerprint density at radius 1 is 1.06 bits per heavy atom. The van der Waals surface area contributed by atoms with E-state index in [1.807, 2.05) is 0 Å². The minimum absolute atomic E-state index is 0. The smallest absolute Gasteiger partial charge is 0.748 e. The third-order valence-electron chi connectivity index (χ3n) is 2.57. The van der Waals surface area contributed by atoms with Gasteiger partial charge in [-0.1, -0.05) is 39.0 Å². The average Bonchev–Trinajstić information content (AvgIpc) is 2.16. The summed E-state index contributed by atoms with van der Waals surface area (Å²) in [4.78, 5) is 0. The van der Waals surface area contributed by atoms with Crippen molar-refractivity contribution >= 4 is 10.1 Å². The summed E-state index contributed by atoms with van der Waals surface area (Å²) in [5, 5.41) is 9.56. The zero-order valence-corrected chi connectivity index (χ0v) is 13.8. The van der Waals surface area contributed by atoms with Gasteiger partial charge in [-0.3, -0.25) is 0 Å². The molecular formula is C11H23NaO4S. The molecule has 0 amide bonds. The average molecular weight is 274 g/mol. The fourth-order valence-corrected chi connectivity index (χ4v) is 2.17. The van der Waals surface area contributed by atoms with Gasteiger partial charge in [0.05, 0.1) is 16.2 Å². The molecule has 0 aromatic heterocycles. The zero-order valence-electron chi connectivity index (χ0n) is 11.0. The van der Waals surface area contributed by atoms with E-state index < -0.39 is 10.1 Å². The van der Waals surface area contributed by atoms with Crippen molar-refractivity contribution in [2.24, 2.45) is 0 Å². The molecule has 98 valence electrons. The molecule has 0 rings (SSSR count). The minimum atomic E-state index is -4.05. The van der Waals surface area contributed by atoms with Gasteiger partial charge in [-0.15, -0.1) is 0 Å². The maximum absolute atomic E-state index is 10.3. The number of hydrogen-bond acceptors (Lipinski definition) is 4. The summed E-state index contributed by atoms with van der Waals surface area (Å²) in [7, 11) is -4.05. The van der Waals surface area contributed by atoms with Crippen molar-refractivity contribution in [3.05, 3.63) is 0 Å². The Kier molecular flexibility index (Phi) is 14.2. The van der Waals surface area contributed by atoms with Crippen LogP contribution in [-0.2, 0) is 10.1 Å². The molecule has 0 saturated heterocycles. The number of aliphatic hydroxyl groups is 1. The quantitative estimate of drug-likeness (QED) is 0.316. The van der Waals surface area contributed by atoms with Crippen LogP contribution in [0, 0.1) is 0 Å². The monoisotopic (exact) mass is 274 g/mol. The van der Waals surface area contributed by atoms with Crippen LogP contribution in [0.2, 0.25) is 0 Å². The van der Waals surface area contributed by atoms with Crippen molar-refractivity contribution < 1.29 is 47.6 Å². The van der Waals surface area contributed by atoms with Crippen molar-refractivity contribution in [1.82, 2.24) is 0 Å². The van der Waals surface area contributed by atoms with Crippen molar-refractivity contribution in [3.8, 4) is 0 Å². The van der Waals surface area contributed by atoms with Gasteiger partial charge in [-0.05, 0) is 19.3 Å². The molecule has 0 fully saturated rings. The van der Waals surface area contributed by atoms with Crippen LogP contribution in [0.5, 0.6) is 0 Å². The first-order valence-corrected chi connectivity index (χ1v) is 7.65. The van der Waals surface area contributed by atoms with E-state index in [4.69, 9.17) is 0 Å². The van der Waals surface area contributed by atoms with Crippen molar-refractivity contribution in [2.75, 3.05) is 5.75 Å². The zero-order chi connectivity index (χ0) is 12.4. The largest absolute Gasteiger partial charge is 1.00 e. The molecule has 0 aliphatic rings.